The van der Waals surface area contributed by atoms with Gasteiger partial charge in [0.1, 0.15) is 18.0 Å². The Morgan fingerprint density at radius 1 is 1.41 bits per heavy atom. The molecule has 0 bridgehead atoms. The Kier molecular flexibility index (Phi) is 3.22. The second kappa shape index (κ2) is 4.82. The highest BCUT2D eigenvalue weighted by Crippen LogP contribution is 2.14. The Balaban J connectivity index is 2.11. The molecule has 0 fully saturated rings. The van der Waals surface area contributed by atoms with Gasteiger partial charge in [0.15, 0.2) is 0 Å². The molecule has 0 aromatic carbocycles. The minimum atomic E-state index is 0.772. The van der Waals surface area contributed by atoms with Crippen LogP contribution >= 0.6 is 0 Å². The molecule has 0 amide bonds. The molecule has 0 saturated heterocycles. The zero-order valence-corrected chi connectivity index (χ0v) is 10.3. The van der Waals surface area contributed by atoms with E-state index in [0.29, 0.717) is 0 Å². The van der Waals surface area contributed by atoms with Gasteiger partial charge in [0.2, 0.25) is 0 Å². The van der Waals surface area contributed by atoms with Crippen molar-refractivity contribution in [3.8, 4) is 0 Å². The molecule has 2 aromatic rings. The monoisotopic (exact) mass is 232 g/mol. The van der Waals surface area contributed by atoms with Crippen LogP contribution in [0.25, 0.3) is 0 Å². The first-order valence-electron chi connectivity index (χ1n) is 5.37. The molecule has 0 atom stereocenters. The molecule has 6 nitrogen and oxygen atoms in total. The summed E-state index contributed by atoms with van der Waals surface area (Å²) in [5.41, 5.74) is 1.15. The molecule has 0 aliphatic heterocycles. The lowest BCUT2D eigenvalue weighted by Crippen LogP contribution is -2.17. The molecule has 2 aromatic heterocycles. The van der Waals surface area contributed by atoms with Crippen molar-refractivity contribution in [2.24, 2.45) is 7.05 Å². The lowest BCUT2D eigenvalue weighted by Gasteiger charge is -2.17. The van der Waals surface area contributed by atoms with Crippen molar-refractivity contribution in [2.75, 3.05) is 24.3 Å². The Hall–Kier alpha value is -2.11. The Bertz CT molecular complexity index is 492. The van der Waals surface area contributed by atoms with E-state index in [2.05, 4.69) is 25.3 Å². The van der Waals surface area contributed by atoms with E-state index >= 15 is 0 Å². The van der Waals surface area contributed by atoms with E-state index in [1.807, 2.05) is 39.6 Å². The summed E-state index contributed by atoms with van der Waals surface area (Å²) in [6.07, 6.45) is 5.41. The van der Waals surface area contributed by atoms with Gasteiger partial charge in [-0.05, 0) is 0 Å². The van der Waals surface area contributed by atoms with Gasteiger partial charge >= 0.3 is 0 Å². The van der Waals surface area contributed by atoms with Crippen molar-refractivity contribution in [3.05, 3.63) is 30.4 Å². The van der Waals surface area contributed by atoms with Crippen LogP contribution in [0.2, 0.25) is 0 Å². The minimum Gasteiger partial charge on any atom is -0.373 e. The maximum absolute atomic E-state index is 4.24. The molecule has 0 unspecified atom stereocenters. The summed E-state index contributed by atoms with van der Waals surface area (Å²) < 4.78 is 1.79. The largest absolute Gasteiger partial charge is 0.373 e. The maximum atomic E-state index is 4.24. The Labute approximate surface area is 100 Å². The topological polar surface area (TPSA) is 58.9 Å². The van der Waals surface area contributed by atoms with Crippen molar-refractivity contribution in [1.82, 2.24) is 19.7 Å². The van der Waals surface area contributed by atoms with Crippen molar-refractivity contribution in [2.45, 2.75) is 6.54 Å². The van der Waals surface area contributed by atoms with Gasteiger partial charge < -0.3 is 10.2 Å². The number of aryl methyl sites for hydroxylation is 1. The predicted molar refractivity (Wildman–Crippen MR) is 66.9 cm³/mol. The first kappa shape index (κ1) is 11.4. The van der Waals surface area contributed by atoms with Crippen LogP contribution in [-0.4, -0.2) is 33.8 Å². The van der Waals surface area contributed by atoms with Crippen LogP contribution < -0.4 is 10.2 Å². The molecule has 0 radical (unpaired) electrons. The van der Waals surface area contributed by atoms with E-state index in [4.69, 9.17) is 0 Å². The molecule has 90 valence electrons. The predicted octanol–water partition coefficient (Wildman–Crippen LogP) is 0.888. The van der Waals surface area contributed by atoms with Crippen LogP contribution in [0.5, 0.6) is 0 Å². The van der Waals surface area contributed by atoms with Gasteiger partial charge in [0.25, 0.3) is 0 Å². The van der Waals surface area contributed by atoms with Crippen LogP contribution in [-0.2, 0) is 13.6 Å². The lowest BCUT2D eigenvalue weighted by molar-refractivity contribution is 0.766. The van der Waals surface area contributed by atoms with Crippen LogP contribution in [0, 0.1) is 0 Å². The zero-order valence-electron chi connectivity index (χ0n) is 10.3. The third-order valence-electron chi connectivity index (χ3n) is 2.48. The molecule has 0 aliphatic rings. The molecule has 1 N–H and O–H groups in total. The number of nitrogens with zero attached hydrogens (tertiary/aromatic N) is 5. The zero-order chi connectivity index (χ0) is 12.3. The number of hydrogen-bond acceptors (Lipinski definition) is 5. The number of aromatic nitrogens is 4. The first-order valence-corrected chi connectivity index (χ1v) is 5.37. The second-order valence-corrected chi connectivity index (χ2v) is 3.89. The fourth-order valence-corrected chi connectivity index (χ4v) is 1.60. The normalized spacial score (nSPS) is 10.3. The number of hydrogen-bond donors (Lipinski definition) is 1. The van der Waals surface area contributed by atoms with Crippen molar-refractivity contribution in [1.29, 1.82) is 0 Å². The van der Waals surface area contributed by atoms with Crippen molar-refractivity contribution < 1.29 is 0 Å². The summed E-state index contributed by atoms with van der Waals surface area (Å²) in [6.45, 7) is 0.772. The van der Waals surface area contributed by atoms with Gasteiger partial charge in [-0.2, -0.15) is 5.10 Å². The number of anilines is 2. The second-order valence-electron chi connectivity index (χ2n) is 3.89. The van der Waals surface area contributed by atoms with Crippen molar-refractivity contribution in [3.63, 3.8) is 0 Å². The smallest absolute Gasteiger partial charge is 0.134 e. The highest BCUT2D eigenvalue weighted by atomic mass is 15.2. The van der Waals surface area contributed by atoms with E-state index in [9.17, 15) is 0 Å². The number of rotatable bonds is 4. The molecular weight excluding hydrogens is 216 g/mol. The lowest BCUT2D eigenvalue weighted by atomic mass is 10.3. The van der Waals surface area contributed by atoms with Crippen molar-refractivity contribution >= 4 is 11.6 Å². The molecule has 2 rings (SSSR count). The summed E-state index contributed by atoms with van der Waals surface area (Å²) in [6, 6.07) is 1.91. The van der Waals surface area contributed by atoms with Crippen LogP contribution in [0.4, 0.5) is 11.6 Å². The van der Waals surface area contributed by atoms with Gasteiger partial charge in [-0.25, -0.2) is 9.97 Å². The van der Waals surface area contributed by atoms with E-state index < -0.39 is 0 Å². The van der Waals surface area contributed by atoms with Crippen LogP contribution in [0.3, 0.4) is 0 Å². The standard InChI is InChI=1S/C11H16N6/c1-12-10-4-11(14-8-13-10)16(2)6-9-5-15-17(3)7-9/h4-5,7-8H,6H2,1-3H3,(H,12,13,14). The van der Waals surface area contributed by atoms with E-state index in [0.717, 1.165) is 23.7 Å². The summed E-state index contributed by atoms with van der Waals surface area (Å²) in [7, 11) is 5.75. The summed E-state index contributed by atoms with van der Waals surface area (Å²) in [5.74, 6) is 1.70. The fraction of sp³-hybridized carbons (Fsp3) is 0.364. The van der Waals surface area contributed by atoms with Gasteiger partial charge in [0.05, 0.1) is 6.20 Å². The van der Waals surface area contributed by atoms with E-state index in [1.165, 1.54) is 0 Å². The van der Waals surface area contributed by atoms with E-state index in [-0.39, 0.29) is 0 Å². The Morgan fingerprint density at radius 2 is 2.24 bits per heavy atom. The molecule has 2 heterocycles. The summed E-state index contributed by atoms with van der Waals surface area (Å²) in [5, 5.41) is 7.14. The maximum Gasteiger partial charge on any atom is 0.134 e. The molecule has 0 aliphatic carbocycles. The van der Waals surface area contributed by atoms with Gasteiger partial charge in [-0.3, -0.25) is 4.68 Å². The van der Waals surface area contributed by atoms with Gasteiger partial charge in [-0.15, -0.1) is 0 Å². The highest BCUT2D eigenvalue weighted by Gasteiger charge is 2.05. The van der Waals surface area contributed by atoms with Gasteiger partial charge in [0, 0.05) is 45.5 Å². The molecule has 6 heteroatoms. The summed E-state index contributed by atoms with van der Waals surface area (Å²) in [4.78, 5) is 10.4. The third-order valence-corrected chi connectivity index (χ3v) is 2.48. The molecule has 0 saturated carbocycles. The van der Waals surface area contributed by atoms with Crippen LogP contribution in [0.1, 0.15) is 5.56 Å². The molecule has 17 heavy (non-hydrogen) atoms. The van der Waals surface area contributed by atoms with Gasteiger partial charge in [-0.1, -0.05) is 0 Å². The summed E-state index contributed by atoms with van der Waals surface area (Å²) >= 11 is 0. The van der Waals surface area contributed by atoms with Crippen LogP contribution in [0.15, 0.2) is 24.8 Å². The van der Waals surface area contributed by atoms with E-state index in [1.54, 1.807) is 11.0 Å². The first-order chi connectivity index (χ1) is 8.19. The quantitative estimate of drug-likeness (QED) is 0.848. The minimum absolute atomic E-state index is 0.772. The average Bonchev–Trinajstić information content (AvgIpc) is 2.75. The molecular formula is C11H16N6. The number of nitrogens with one attached hydrogen (secondary N) is 1. The fourth-order valence-electron chi connectivity index (χ4n) is 1.60. The average molecular weight is 232 g/mol. The highest BCUT2D eigenvalue weighted by molar-refractivity contribution is 5.47. The SMILES string of the molecule is CNc1cc(N(C)Cc2cnn(C)c2)ncn1. The Morgan fingerprint density at radius 3 is 2.88 bits per heavy atom. The third kappa shape index (κ3) is 2.72. The molecule has 0 spiro atoms.